The summed E-state index contributed by atoms with van der Waals surface area (Å²) >= 11 is 0. The number of hydrogen-bond donors (Lipinski definition) is 4. The number of likely N-dealkylation sites (tertiary alicyclic amines) is 1. The van der Waals surface area contributed by atoms with Crippen LogP contribution >= 0.6 is 0 Å². The predicted molar refractivity (Wildman–Crippen MR) is 260 cm³/mol. The molecule has 0 spiro atoms. The number of carbonyl (C=O) groups excluding carboxylic acids is 5. The molecule has 73 heavy (non-hydrogen) atoms. The summed E-state index contributed by atoms with van der Waals surface area (Å²) in [7, 11) is 3.37. The summed E-state index contributed by atoms with van der Waals surface area (Å²) in [6, 6.07) is 4.59. The Labute approximate surface area is 426 Å². The number of methoxy groups -OCH3 is 1. The molecule has 5 heterocycles. The van der Waals surface area contributed by atoms with Gasteiger partial charge in [0.15, 0.2) is 0 Å². The minimum absolute atomic E-state index is 0.00220. The van der Waals surface area contributed by atoms with E-state index in [4.69, 9.17) is 23.7 Å². The fraction of sp³-hybridized carbons (Fsp3) is 0.712. The van der Waals surface area contributed by atoms with Gasteiger partial charge in [0, 0.05) is 115 Å². The summed E-state index contributed by atoms with van der Waals surface area (Å²) in [5, 5.41) is 12.8. The molecule has 1 unspecified atom stereocenters. The van der Waals surface area contributed by atoms with Gasteiger partial charge in [-0.15, -0.1) is 0 Å². The maximum atomic E-state index is 14.5. The van der Waals surface area contributed by atoms with Crippen LogP contribution in [0, 0.1) is 17.3 Å². The van der Waals surface area contributed by atoms with Crippen molar-refractivity contribution in [2.75, 3.05) is 86.6 Å². The Morgan fingerprint density at radius 3 is 2.40 bits per heavy atom. The third kappa shape index (κ3) is 15.6. The van der Waals surface area contributed by atoms with E-state index in [0.29, 0.717) is 141 Å². The van der Waals surface area contributed by atoms with Crippen molar-refractivity contribution in [3.8, 4) is 0 Å². The number of aromatic nitrogens is 2. The van der Waals surface area contributed by atoms with Crippen molar-refractivity contribution in [2.45, 2.75) is 133 Å². The second kappa shape index (κ2) is 27.1. The number of rotatable bonds is 25. The number of hydrogen-bond acceptors (Lipinski definition) is 13. The van der Waals surface area contributed by atoms with Crippen LogP contribution in [0.3, 0.4) is 0 Å². The van der Waals surface area contributed by atoms with Gasteiger partial charge in [0.1, 0.15) is 0 Å². The molecule has 404 valence electrons. The Hall–Kier alpha value is -4.80. The Balaban J connectivity index is 0.731. The number of carbonyl (C=O) groups is 5. The van der Waals surface area contributed by atoms with E-state index < -0.39 is 23.1 Å². The number of alkyl halides is 3. The minimum atomic E-state index is -4.52. The van der Waals surface area contributed by atoms with E-state index >= 15 is 0 Å². The Morgan fingerprint density at radius 1 is 0.904 bits per heavy atom. The van der Waals surface area contributed by atoms with Crippen molar-refractivity contribution < 1.29 is 60.8 Å². The average Bonchev–Trinajstić information content (AvgIpc) is 3.95. The topological polar surface area (TPSA) is 212 Å². The lowest BCUT2D eigenvalue weighted by atomic mass is 9.78. The smallest absolute Gasteiger partial charge is 0.379 e. The molecule has 0 bridgehead atoms. The van der Waals surface area contributed by atoms with E-state index in [0.717, 1.165) is 30.7 Å². The van der Waals surface area contributed by atoms with Crippen LogP contribution in [0.15, 0.2) is 36.8 Å². The van der Waals surface area contributed by atoms with Gasteiger partial charge in [-0.05, 0) is 87.5 Å². The van der Waals surface area contributed by atoms with Crippen LogP contribution in [-0.4, -0.2) is 160 Å². The molecular formula is C52H75F3N8O10. The molecule has 2 aromatic heterocycles. The number of nitrogens with zero attached hydrogens (tertiary/aromatic N) is 4. The molecule has 2 saturated heterocycles. The first-order valence-corrected chi connectivity index (χ1v) is 26.2. The van der Waals surface area contributed by atoms with Crippen molar-refractivity contribution in [1.82, 2.24) is 41.0 Å². The van der Waals surface area contributed by atoms with Gasteiger partial charge < -0.3 is 54.8 Å². The minimum Gasteiger partial charge on any atom is -0.379 e. The number of halogens is 3. The van der Waals surface area contributed by atoms with Crippen molar-refractivity contribution in [3.05, 3.63) is 59.2 Å². The number of fused-ring (bicyclic) bond motifs is 1. The molecule has 2 saturated carbocycles. The normalized spacial score (nSPS) is 26.4. The van der Waals surface area contributed by atoms with Crippen LogP contribution in [0.5, 0.6) is 0 Å². The third-order valence-electron chi connectivity index (χ3n) is 15.3. The van der Waals surface area contributed by atoms with Crippen LogP contribution in [0.1, 0.15) is 112 Å². The molecule has 0 aromatic carbocycles. The second-order valence-electron chi connectivity index (χ2n) is 20.2. The molecule has 4 fully saturated rings. The lowest BCUT2D eigenvalue weighted by Crippen LogP contribution is -2.51. The fourth-order valence-electron chi connectivity index (χ4n) is 11.3. The monoisotopic (exact) mass is 1030 g/mol. The van der Waals surface area contributed by atoms with Gasteiger partial charge in [-0.3, -0.25) is 33.9 Å². The van der Waals surface area contributed by atoms with Crippen LogP contribution in [-0.2, 0) is 66.8 Å². The summed E-state index contributed by atoms with van der Waals surface area (Å²) in [4.78, 5) is 77.2. The first kappa shape index (κ1) is 55.9. The third-order valence-corrected chi connectivity index (χ3v) is 15.3. The SMILES string of the molecule is CO[C@@H]1COCC[C@@H]1N[C@@H]1CC[C@](CCCCNC(=O)C2CCC(NC(=O)CCOCCOCCOCCNC(=O)[C@H]3CC(=O)N(C)C3c3cccnc3)CC2)(C(=O)N2CCc3ncc(C(F)(F)F)cc3C2)C1. The van der Waals surface area contributed by atoms with Gasteiger partial charge in [-0.25, -0.2) is 0 Å². The van der Waals surface area contributed by atoms with E-state index in [9.17, 15) is 37.1 Å². The Morgan fingerprint density at radius 2 is 1.66 bits per heavy atom. The Kier molecular flexibility index (Phi) is 20.8. The molecule has 2 aromatic rings. The Bertz CT molecular complexity index is 2130. The summed E-state index contributed by atoms with van der Waals surface area (Å²) in [5.41, 5.74) is 0.365. The van der Waals surface area contributed by atoms with Gasteiger partial charge >= 0.3 is 6.18 Å². The largest absolute Gasteiger partial charge is 0.417 e. The van der Waals surface area contributed by atoms with Crippen molar-refractivity contribution in [1.29, 1.82) is 0 Å². The maximum Gasteiger partial charge on any atom is 0.417 e. The van der Waals surface area contributed by atoms with Crippen molar-refractivity contribution in [3.63, 3.8) is 0 Å². The number of pyridine rings is 2. The van der Waals surface area contributed by atoms with Gasteiger partial charge in [0.2, 0.25) is 29.5 Å². The molecule has 7 rings (SSSR count). The standard InChI is InChI=1S/C52H75F3N8O10/c1-62-46(65)29-41(47(62)36-6-5-17-56-31-36)49(67)58-19-23-71-25-27-72-26-24-70-22-14-45(64)61-39-9-7-35(8-10-39)48(66)57-18-4-3-15-51(16-11-40(30-51)60-43-13-21-73-34-44(43)69-2)50(68)63-20-12-42-37(33-63)28-38(32-59-42)52(53,54)55/h5-6,17,28,31-32,35,39-41,43-44,47,60H,3-4,7-16,18-27,29-30,33-34H2,1-2H3,(H,57,66)(H,58,67)(H,61,64)/t35?,39?,40-,41+,43+,44-,47?,51+/m1/s1. The highest BCUT2D eigenvalue weighted by atomic mass is 19.4. The highest BCUT2D eigenvalue weighted by Crippen LogP contribution is 2.45. The van der Waals surface area contributed by atoms with Crippen LogP contribution < -0.4 is 21.3 Å². The van der Waals surface area contributed by atoms with Gasteiger partial charge in [0.25, 0.3) is 0 Å². The molecule has 5 aliphatic rings. The van der Waals surface area contributed by atoms with E-state index in [-0.39, 0.29) is 91.7 Å². The zero-order valence-electron chi connectivity index (χ0n) is 42.4. The number of unbranched alkanes of at least 4 members (excludes halogenated alkanes) is 1. The van der Waals surface area contributed by atoms with Crippen molar-refractivity contribution in [2.24, 2.45) is 17.3 Å². The lowest BCUT2D eigenvalue weighted by Gasteiger charge is -2.38. The van der Waals surface area contributed by atoms with E-state index in [1.807, 2.05) is 6.07 Å². The van der Waals surface area contributed by atoms with Crippen molar-refractivity contribution >= 4 is 29.5 Å². The fourth-order valence-corrected chi connectivity index (χ4v) is 11.3. The molecule has 18 nitrogen and oxygen atoms in total. The molecule has 5 amide bonds. The zero-order chi connectivity index (χ0) is 51.8. The maximum absolute atomic E-state index is 14.5. The molecule has 6 atom stereocenters. The first-order chi connectivity index (χ1) is 35.2. The quantitative estimate of drug-likeness (QED) is 0.104. The number of ether oxygens (including phenoxy) is 5. The summed E-state index contributed by atoms with van der Waals surface area (Å²) in [6.07, 6.45) is 7.94. The average molecular weight is 1030 g/mol. The molecule has 3 aliphatic heterocycles. The molecule has 0 radical (unpaired) electrons. The van der Waals surface area contributed by atoms with E-state index in [1.165, 1.54) is 0 Å². The van der Waals surface area contributed by atoms with Gasteiger partial charge in [-0.2, -0.15) is 13.2 Å². The summed E-state index contributed by atoms with van der Waals surface area (Å²) < 4.78 is 68.8. The molecule has 21 heteroatoms. The predicted octanol–water partition coefficient (Wildman–Crippen LogP) is 4.05. The van der Waals surface area contributed by atoms with Crippen LogP contribution in [0.4, 0.5) is 13.2 Å². The van der Waals surface area contributed by atoms with E-state index in [1.54, 1.807) is 42.4 Å². The van der Waals surface area contributed by atoms with E-state index in [2.05, 4.69) is 31.2 Å². The molecule has 4 N–H and O–H groups in total. The van der Waals surface area contributed by atoms with Gasteiger partial charge in [0.05, 0.1) is 75.3 Å². The molecular weight excluding hydrogens is 954 g/mol. The summed E-state index contributed by atoms with van der Waals surface area (Å²) in [6.45, 7) is 4.29. The lowest BCUT2D eigenvalue weighted by molar-refractivity contribution is -0.144. The van der Waals surface area contributed by atoms with Gasteiger partial charge in [-0.1, -0.05) is 12.5 Å². The first-order valence-electron chi connectivity index (χ1n) is 26.2. The number of amides is 5. The summed E-state index contributed by atoms with van der Waals surface area (Å²) in [5.74, 6) is -1.06. The second-order valence-corrected chi connectivity index (χ2v) is 20.2. The van der Waals surface area contributed by atoms with Crippen LogP contribution in [0.25, 0.3) is 0 Å². The van der Waals surface area contributed by atoms with Crippen LogP contribution in [0.2, 0.25) is 0 Å². The highest BCUT2D eigenvalue weighted by molar-refractivity contribution is 5.90. The molecule has 2 aliphatic carbocycles. The zero-order valence-corrected chi connectivity index (χ0v) is 42.4. The highest BCUT2D eigenvalue weighted by Gasteiger charge is 2.48. The number of nitrogens with one attached hydrogen (secondary N) is 4.